The van der Waals surface area contributed by atoms with E-state index in [1.165, 1.54) is 0 Å². The third kappa shape index (κ3) is 3.91. The summed E-state index contributed by atoms with van der Waals surface area (Å²) in [7, 11) is 1.61. The van der Waals surface area contributed by atoms with Crippen molar-refractivity contribution in [3.8, 4) is 0 Å². The fraction of sp³-hybridized carbons (Fsp3) is 0.846. The van der Waals surface area contributed by atoms with Gasteiger partial charge in [-0.2, -0.15) is 0 Å². The minimum Gasteiger partial charge on any atom is -0.383 e. The molecule has 0 spiro atoms. The number of ether oxygens (including phenoxy) is 1. The van der Waals surface area contributed by atoms with Crippen LogP contribution in [0.4, 0.5) is 0 Å². The fourth-order valence-corrected chi connectivity index (χ4v) is 2.66. The van der Waals surface area contributed by atoms with E-state index in [4.69, 9.17) is 4.74 Å². The zero-order chi connectivity index (χ0) is 13.7. The predicted molar refractivity (Wildman–Crippen MR) is 70.6 cm³/mol. The summed E-state index contributed by atoms with van der Waals surface area (Å²) >= 11 is 0. The second kappa shape index (κ2) is 6.86. The minimum atomic E-state index is -0.203. The number of likely N-dealkylation sites (tertiary alicyclic amines) is 1. The number of nitrogens with one attached hydrogen (secondary N) is 2. The van der Waals surface area contributed by atoms with Crippen molar-refractivity contribution in [3.05, 3.63) is 0 Å². The molecule has 2 unspecified atom stereocenters. The first-order valence-electron chi connectivity index (χ1n) is 6.98. The first-order valence-corrected chi connectivity index (χ1v) is 6.98. The van der Waals surface area contributed by atoms with Gasteiger partial charge in [-0.05, 0) is 19.4 Å². The molecule has 0 aromatic heterocycles. The van der Waals surface area contributed by atoms with Gasteiger partial charge in [-0.1, -0.05) is 0 Å². The van der Waals surface area contributed by atoms with Crippen molar-refractivity contribution in [1.82, 2.24) is 15.5 Å². The van der Waals surface area contributed by atoms with E-state index in [0.29, 0.717) is 26.1 Å². The Morgan fingerprint density at radius 1 is 1.58 bits per heavy atom. The number of rotatable bonds is 5. The molecule has 6 nitrogen and oxygen atoms in total. The molecule has 2 aliphatic rings. The average molecular weight is 269 g/mol. The number of carbonyl (C=O) groups is 2. The Morgan fingerprint density at radius 3 is 3.11 bits per heavy atom. The molecule has 2 saturated heterocycles. The zero-order valence-corrected chi connectivity index (χ0v) is 11.5. The van der Waals surface area contributed by atoms with E-state index in [1.807, 2.05) is 0 Å². The Morgan fingerprint density at radius 2 is 2.42 bits per heavy atom. The summed E-state index contributed by atoms with van der Waals surface area (Å²) in [6.45, 7) is 3.48. The van der Waals surface area contributed by atoms with Crippen LogP contribution in [-0.2, 0) is 14.3 Å². The van der Waals surface area contributed by atoms with Crippen molar-refractivity contribution in [3.63, 3.8) is 0 Å². The van der Waals surface area contributed by atoms with Crippen LogP contribution in [0.5, 0.6) is 0 Å². The number of carbonyl (C=O) groups excluding carboxylic acids is 2. The third-order valence-corrected chi connectivity index (χ3v) is 3.79. The van der Waals surface area contributed by atoms with Gasteiger partial charge in [0.25, 0.3) is 0 Å². The second-order valence-electron chi connectivity index (χ2n) is 5.29. The summed E-state index contributed by atoms with van der Waals surface area (Å²) in [5, 5.41) is 6.31. The molecule has 108 valence electrons. The number of hydrogen-bond donors (Lipinski definition) is 2. The molecule has 2 atom stereocenters. The highest BCUT2D eigenvalue weighted by Gasteiger charge is 2.34. The molecule has 19 heavy (non-hydrogen) atoms. The normalized spacial score (nSPS) is 27.6. The molecule has 2 fully saturated rings. The predicted octanol–water partition coefficient (Wildman–Crippen LogP) is -0.650. The van der Waals surface area contributed by atoms with Crippen LogP contribution < -0.4 is 10.6 Å². The van der Waals surface area contributed by atoms with Gasteiger partial charge in [-0.25, -0.2) is 0 Å². The van der Waals surface area contributed by atoms with E-state index in [1.54, 1.807) is 12.0 Å². The number of nitrogens with zero attached hydrogens (tertiary/aromatic N) is 1. The minimum absolute atomic E-state index is 0.0157. The molecule has 0 aromatic carbocycles. The summed E-state index contributed by atoms with van der Waals surface area (Å²) in [6.07, 6.45) is 2.44. The van der Waals surface area contributed by atoms with Crippen molar-refractivity contribution < 1.29 is 14.3 Å². The van der Waals surface area contributed by atoms with Crippen LogP contribution in [0, 0.1) is 5.92 Å². The van der Waals surface area contributed by atoms with E-state index in [-0.39, 0.29) is 23.8 Å². The molecule has 6 heteroatoms. The second-order valence-corrected chi connectivity index (χ2v) is 5.29. The quantitative estimate of drug-likeness (QED) is 0.696. The lowest BCUT2D eigenvalue weighted by Gasteiger charge is -2.25. The summed E-state index contributed by atoms with van der Waals surface area (Å²) < 4.78 is 4.97. The van der Waals surface area contributed by atoms with E-state index < -0.39 is 0 Å². The molecule has 0 saturated carbocycles. The number of hydrogen-bond acceptors (Lipinski definition) is 4. The Balaban J connectivity index is 1.78. The topological polar surface area (TPSA) is 70.7 Å². The standard InChI is InChI=1S/C13H23N3O3/c1-19-6-5-16-9-10(7-12(16)17)13(18)15-11-3-2-4-14-8-11/h10-11,14H,2-9H2,1H3,(H,15,18). The van der Waals surface area contributed by atoms with Crippen molar-refractivity contribution in [2.45, 2.75) is 25.3 Å². The van der Waals surface area contributed by atoms with Crippen LogP contribution >= 0.6 is 0 Å². The molecule has 0 aromatic rings. The molecular formula is C13H23N3O3. The summed E-state index contributed by atoms with van der Waals surface area (Å²) in [6, 6.07) is 0.212. The van der Waals surface area contributed by atoms with Crippen LogP contribution in [0.25, 0.3) is 0 Å². The third-order valence-electron chi connectivity index (χ3n) is 3.79. The van der Waals surface area contributed by atoms with Crippen molar-refractivity contribution in [1.29, 1.82) is 0 Å². The van der Waals surface area contributed by atoms with Crippen LogP contribution in [0.15, 0.2) is 0 Å². The fourth-order valence-electron chi connectivity index (χ4n) is 2.66. The molecule has 2 N–H and O–H groups in total. The summed E-state index contributed by atoms with van der Waals surface area (Å²) in [5.74, 6) is -0.132. The smallest absolute Gasteiger partial charge is 0.225 e. The van der Waals surface area contributed by atoms with Crippen LogP contribution in [0.3, 0.4) is 0 Å². The van der Waals surface area contributed by atoms with Crippen LogP contribution in [-0.4, -0.2) is 62.7 Å². The molecule has 0 radical (unpaired) electrons. The van der Waals surface area contributed by atoms with Crippen LogP contribution in [0.1, 0.15) is 19.3 Å². The lowest BCUT2D eigenvalue weighted by atomic mass is 10.0. The van der Waals surface area contributed by atoms with E-state index in [0.717, 1.165) is 25.9 Å². The average Bonchev–Trinajstić information content (AvgIpc) is 2.79. The molecule has 2 aliphatic heterocycles. The highest BCUT2D eigenvalue weighted by molar-refractivity contribution is 5.89. The molecule has 0 bridgehead atoms. The Kier molecular flexibility index (Phi) is 5.15. The Hall–Kier alpha value is -1.14. The first-order chi connectivity index (χ1) is 9.20. The van der Waals surface area contributed by atoms with Gasteiger partial charge in [0.15, 0.2) is 0 Å². The highest BCUT2D eigenvalue weighted by Crippen LogP contribution is 2.18. The monoisotopic (exact) mass is 269 g/mol. The van der Waals surface area contributed by atoms with Gasteiger partial charge in [0.1, 0.15) is 0 Å². The van der Waals surface area contributed by atoms with Crippen LogP contribution in [0.2, 0.25) is 0 Å². The van der Waals surface area contributed by atoms with Gasteiger partial charge in [-0.15, -0.1) is 0 Å². The number of piperidine rings is 1. The maximum Gasteiger partial charge on any atom is 0.225 e. The zero-order valence-electron chi connectivity index (χ0n) is 11.5. The van der Waals surface area contributed by atoms with E-state index in [2.05, 4.69) is 10.6 Å². The summed E-state index contributed by atoms with van der Waals surface area (Å²) in [4.78, 5) is 25.6. The SMILES string of the molecule is COCCN1CC(C(=O)NC2CCCNC2)CC1=O. The van der Waals surface area contributed by atoms with Gasteiger partial charge in [0, 0.05) is 39.2 Å². The molecule has 2 rings (SSSR count). The largest absolute Gasteiger partial charge is 0.383 e. The lowest BCUT2D eigenvalue weighted by Crippen LogP contribution is -2.47. The molecule has 0 aliphatic carbocycles. The van der Waals surface area contributed by atoms with Crippen molar-refractivity contribution in [2.75, 3.05) is 39.9 Å². The van der Waals surface area contributed by atoms with Gasteiger partial charge < -0.3 is 20.3 Å². The van der Waals surface area contributed by atoms with Gasteiger partial charge in [-0.3, -0.25) is 9.59 Å². The maximum absolute atomic E-state index is 12.1. The Labute approximate surface area is 113 Å². The lowest BCUT2D eigenvalue weighted by molar-refractivity contribution is -0.129. The van der Waals surface area contributed by atoms with E-state index in [9.17, 15) is 9.59 Å². The molecule has 2 heterocycles. The van der Waals surface area contributed by atoms with Gasteiger partial charge in [0.2, 0.25) is 11.8 Å². The molecular weight excluding hydrogens is 246 g/mol. The Bertz CT molecular complexity index is 329. The van der Waals surface area contributed by atoms with E-state index >= 15 is 0 Å². The first kappa shape index (κ1) is 14.3. The van der Waals surface area contributed by atoms with Gasteiger partial charge in [0.05, 0.1) is 12.5 Å². The number of methoxy groups -OCH3 is 1. The molecule has 2 amide bonds. The maximum atomic E-state index is 12.1. The number of amides is 2. The van der Waals surface area contributed by atoms with Crippen molar-refractivity contribution >= 4 is 11.8 Å². The summed E-state index contributed by atoms with van der Waals surface area (Å²) in [5.41, 5.74) is 0. The van der Waals surface area contributed by atoms with Gasteiger partial charge >= 0.3 is 0 Å². The van der Waals surface area contributed by atoms with Crippen molar-refractivity contribution in [2.24, 2.45) is 5.92 Å². The highest BCUT2D eigenvalue weighted by atomic mass is 16.5.